The first-order valence-electron chi connectivity index (χ1n) is 6.43. The molecule has 0 aliphatic rings. The number of nitrogens with two attached hydrogens (primary N) is 2. The molecule has 0 aliphatic carbocycles. The van der Waals surface area contributed by atoms with Crippen LogP contribution in [0, 0.1) is 0 Å². The Labute approximate surface area is 113 Å². The molecule has 0 bridgehead atoms. The van der Waals surface area contributed by atoms with Crippen molar-refractivity contribution in [1.29, 1.82) is 0 Å². The van der Waals surface area contributed by atoms with Crippen LogP contribution < -0.4 is 11.5 Å². The van der Waals surface area contributed by atoms with Gasteiger partial charge in [0.25, 0.3) is 0 Å². The summed E-state index contributed by atoms with van der Waals surface area (Å²) < 4.78 is 0. The lowest BCUT2D eigenvalue weighted by Gasteiger charge is -2.21. The zero-order chi connectivity index (χ0) is 14.3. The van der Waals surface area contributed by atoms with Crippen molar-refractivity contribution < 1.29 is 9.59 Å². The summed E-state index contributed by atoms with van der Waals surface area (Å²) in [6.07, 6.45) is 2.19. The van der Waals surface area contributed by atoms with Crippen LogP contribution in [0.3, 0.4) is 0 Å². The highest BCUT2D eigenvalue weighted by atomic mass is 16.2. The molecule has 0 fully saturated rings. The molecule has 0 heterocycles. The van der Waals surface area contributed by atoms with E-state index in [0.29, 0.717) is 18.7 Å². The standard InChI is InChI=1S/C14H21N3O2/c1-2-3-7-14(19)17(10-13(16)18)9-11-5-4-6-12(15)8-11/h4-6,8H,2-3,7,9-10,15H2,1H3,(H2,16,18). The van der Waals surface area contributed by atoms with Crippen molar-refractivity contribution in [3.63, 3.8) is 0 Å². The zero-order valence-electron chi connectivity index (χ0n) is 11.3. The molecule has 1 aromatic rings. The normalized spacial score (nSPS) is 10.2. The molecule has 0 spiro atoms. The van der Waals surface area contributed by atoms with Crippen molar-refractivity contribution in [3.05, 3.63) is 29.8 Å². The van der Waals surface area contributed by atoms with Crippen LogP contribution in [0.25, 0.3) is 0 Å². The van der Waals surface area contributed by atoms with E-state index in [1.54, 1.807) is 12.1 Å². The molecule has 0 atom stereocenters. The van der Waals surface area contributed by atoms with E-state index in [0.717, 1.165) is 18.4 Å². The van der Waals surface area contributed by atoms with Crippen molar-refractivity contribution in [1.82, 2.24) is 4.90 Å². The Bertz CT molecular complexity index is 446. The van der Waals surface area contributed by atoms with E-state index in [2.05, 4.69) is 0 Å². The first-order chi connectivity index (χ1) is 9.02. The summed E-state index contributed by atoms with van der Waals surface area (Å²) in [5.74, 6) is -0.558. The van der Waals surface area contributed by atoms with Crippen LogP contribution in [-0.4, -0.2) is 23.3 Å². The van der Waals surface area contributed by atoms with Gasteiger partial charge in [0.15, 0.2) is 0 Å². The Kier molecular flexibility index (Phi) is 5.85. The topological polar surface area (TPSA) is 89.4 Å². The predicted molar refractivity (Wildman–Crippen MR) is 75.0 cm³/mol. The fraction of sp³-hybridized carbons (Fsp3) is 0.429. The monoisotopic (exact) mass is 263 g/mol. The molecule has 0 radical (unpaired) electrons. The van der Waals surface area contributed by atoms with E-state index in [1.165, 1.54) is 4.90 Å². The van der Waals surface area contributed by atoms with Gasteiger partial charge in [-0.15, -0.1) is 0 Å². The van der Waals surface area contributed by atoms with Gasteiger partial charge in [-0.2, -0.15) is 0 Å². The van der Waals surface area contributed by atoms with E-state index in [1.807, 2.05) is 19.1 Å². The third-order valence-electron chi connectivity index (χ3n) is 2.77. The minimum Gasteiger partial charge on any atom is -0.399 e. The van der Waals surface area contributed by atoms with Gasteiger partial charge in [0, 0.05) is 18.7 Å². The Hall–Kier alpha value is -2.04. The van der Waals surface area contributed by atoms with Crippen LogP contribution in [0.15, 0.2) is 24.3 Å². The Morgan fingerprint density at radius 3 is 2.63 bits per heavy atom. The smallest absolute Gasteiger partial charge is 0.237 e. The number of nitrogen functional groups attached to an aromatic ring is 1. The number of nitrogens with zero attached hydrogens (tertiary/aromatic N) is 1. The number of primary amides is 1. The number of hydrogen-bond acceptors (Lipinski definition) is 3. The number of benzene rings is 1. The number of anilines is 1. The molecule has 19 heavy (non-hydrogen) atoms. The molecule has 1 rings (SSSR count). The maximum atomic E-state index is 12.0. The number of carbonyl (C=O) groups is 2. The van der Waals surface area contributed by atoms with Gasteiger partial charge in [-0.25, -0.2) is 0 Å². The van der Waals surface area contributed by atoms with Gasteiger partial charge in [-0.05, 0) is 24.1 Å². The molecule has 0 saturated carbocycles. The Morgan fingerprint density at radius 1 is 1.32 bits per heavy atom. The largest absolute Gasteiger partial charge is 0.399 e. The third-order valence-corrected chi connectivity index (χ3v) is 2.77. The molecule has 0 aliphatic heterocycles. The van der Waals surface area contributed by atoms with Gasteiger partial charge in [-0.1, -0.05) is 25.5 Å². The van der Waals surface area contributed by atoms with Crippen molar-refractivity contribution in [3.8, 4) is 0 Å². The summed E-state index contributed by atoms with van der Waals surface area (Å²) in [5, 5.41) is 0. The first-order valence-corrected chi connectivity index (χ1v) is 6.43. The predicted octanol–water partition coefficient (Wildman–Crippen LogP) is 1.27. The van der Waals surface area contributed by atoms with E-state index in [-0.39, 0.29) is 12.5 Å². The van der Waals surface area contributed by atoms with Crippen LogP contribution in [-0.2, 0) is 16.1 Å². The summed E-state index contributed by atoms with van der Waals surface area (Å²) in [4.78, 5) is 24.5. The number of hydrogen-bond donors (Lipinski definition) is 2. The fourth-order valence-corrected chi connectivity index (χ4v) is 1.82. The molecule has 0 saturated heterocycles. The van der Waals surface area contributed by atoms with Crippen molar-refractivity contribution >= 4 is 17.5 Å². The average Bonchev–Trinajstić information content (AvgIpc) is 2.34. The van der Waals surface area contributed by atoms with Crippen LogP contribution in [0.5, 0.6) is 0 Å². The number of carbonyl (C=O) groups excluding carboxylic acids is 2. The number of unbranched alkanes of at least 4 members (excludes halogenated alkanes) is 1. The second-order valence-corrected chi connectivity index (χ2v) is 4.56. The molecule has 2 amide bonds. The average molecular weight is 263 g/mol. The van der Waals surface area contributed by atoms with Gasteiger partial charge in [0.1, 0.15) is 0 Å². The molecule has 5 nitrogen and oxygen atoms in total. The van der Waals surface area contributed by atoms with Crippen LogP contribution in [0.1, 0.15) is 31.7 Å². The van der Waals surface area contributed by atoms with Crippen molar-refractivity contribution in [2.75, 3.05) is 12.3 Å². The SMILES string of the molecule is CCCCC(=O)N(CC(N)=O)Cc1cccc(N)c1. The van der Waals surface area contributed by atoms with Gasteiger partial charge in [-0.3, -0.25) is 9.59 Å². The Balaban J connectivity index is 2.73. The quantitative estimate of drug-likeness (QED) is 0.726. The fourth-order valence-electron chi connectivity index (χ4n) is 1.82. The summed E-state index contributed by atoms with van der Waals surface area (Å²) >= 11 is 0. The van der Waals surface area contributed by atoms with E-state index < -0.39 is 5.91 Å². The highest BCUT2D eigenvalue weighted by Gasteiger charge is 2.15. The summed E-state index contributed by atoms with van der Waals surface area (Å²) in [6.45, 7) is 2.32. The van der Waals surface area contributed by atoms with Crippen LogP contribution in [0.2, 0.25) is 0 Å². The first kappa shape index (κ1) is 15.0. The van der Waals surface area contributed by atoms with E-state index >= 15 is 0 Å². The van der Waals surface area contributed by atoms with E-state index in [9.17, 15) is 9.59 Å². The lowest BCUT2D eigenvalue weighted by molar-refractivity contribution is -0.135. The number of amides is 2. The van der Waals surface area contributed by atoms with Crippen molar-refractivity contribution in [2.24, 2.45) is 5.73 Å². The molecule has 0 unspecified atom stereocenters. The minimum absolute atomic E-state index is 0.0527. The molecule has 1 aromatic carbocycles. The molecular formula is C14H21N3O2. The van der Waals surface area contributed by atoms with Gasteiger partial charge in [0.05, 0.1) is 6.54 Å². The summed E-state index contributed by atoms with van der Waals surface area (Å²) in [5.41, 5.74) is 12.4. The zero-order valence-corrected chi connectivity index (χ0v) is 11.3. The lowest BCUT2D eigenvalue weighted by atomic mass is 10.1. The minimum atomic E-state index is -0.506. The highest BCUT2D eigenvalue weighted by molar-refractivity contribution is 5.83. The lowest BCUT2D eigenvalue weighted by Crippen LogP contribution is -2.37. The van der Waals surface area contributed by atoms with Crippen LogP contribution in [0.4, 0.5) is 5.69 Å². The Morgan fingerprint density at radius 2 is 2.05 bits per heavy atom. The molecule has 4 N–H and O–H groups in total. The van der Waals surface area contributed by atoms with E-state index in [4.69, 9.17) is 11.5 Å². The molecular weight excluding hydrogens is 242 g/mol. The maximum absolute atomic E-state index is 12.0. The van der Waals surface area contributed by atoms with Gasteiger partial charge in [0.2, 0.25) is 11.8 Å². The van der Waals surface area contributed by atoms with Gasteiger partial charge < -0.3 is 16.4 Å². The second-order valence-electron chi connectivity index (χ2n) is 4.56. The molecule has 5 heteroatoms. The van der Waals surface area contributed by atoms with Crippen molar-refractivity contribution in [2.45, 2.75) is 32.7 Å². The van der Waals surface area contributed by atoms with Gasteiger partial charge >= 0.3 is 0 Å². The van der Waals surface area contributed by atoms with Crippen LogP contribution >= 0.6 is 0 Å². The summed E-state index contributed by atoms with van der Waals surface area (Å²) in [7, 11) is 0. The summed E-state index contributed by atoms with van der Waals surface area (Å²) in [6, 6.07) is 7.27. The second kappa shape index (κ2) is 7.41. The molecule has 0 aromatic heterocycles. The number of rotatable bonds is 7. The third kappa shape index (κ3) is 5.42. The highest BCUT2D eigenvalue weighted by Crippen LogP contribution is 2.11. The maximum Gasteiger partial charge on any atom is 0.237 e. The molecule has 104 valence electrons.